The van der Waals surface area contributed by atoms with Gasteiger partial charge in [-0.15, -0.1) is 11.3 Å². The van der Waals surface area contributed by atoms with Gasteiger partial charge in [0.05, 0.1) is 6.04 Å². The lowest BCUT2D eigenvalue weighted by Gasteiger charge is -2.36. The van der Waals surface area contributed by atoms with E-state index in [1.54, 1.807) is 17.4 Å². The Hall–Kier alpha value is -1.66. The number of hydrogen-bond acceptors (Lipinski definition) is 5. The number of primary amides is 1. The monoisotopic (exact) mass is 322 g/mol. The molecule has 0 radical (unpaired) electrons. The topological polar surface area (TPSA) is 72.1 Å². The summed E-state index contributed by atoms with van der Waals surface area (Å²) in [5, 5.41) is 2.13. The second-order valence-electron chi connectivity index (χ2n) is 4.97. The number of carbonyl (C=O) groups is 1. The van der Waals surface area contributed by atoms with Crippen molar-refractivity contribution in [3.05, 3.63) is 39.4 Å². The molecule has 0 aliphatic carbocycles. The number of rotatable bonds is 3. The minimum absolute atomic E-state index is 0.0526. The molecule has 1 aliphatic heterocycles. The Morgan fingerprint density at radius 3 is 3.00 bits per heavy atom. The van der Waals surface area contributed by atoms with Crippen LogP contribution in [0.3, 0.4) is 0 Å². The van der Waals surface area contributed by atoms with Crippen LogP contribution in [0.25, 0.3) is 0 Å². The van der Waals surface area contributed by atoms with Crippen molar-refractivity contribution in [2.75, 3.05) is 11.4 Å². The zero-order chi connectivity index (χ0) is 14.8. The van der Waals surface area contributed by atoms with Gasteiger partial charge in [0.15, 0.2) is 0 Å². The third kappa shape index (κ3) is 3.01. The van der Waals surface area contributed by atoms with Gasteiger partial charge in [0.25, 0.3) is 5.91 Å². The molecule has 0 saturated carbocycles. The quantitative estimate of drug-likeness (QED) is 0.882. The Bertz CT molecular complexity index is 646. The standard InChI is InChI=1S/C14H15ClN4OS/c15-14-17-9(13(16)20)8-12(18-14)19-6-2-1-4-10(19)11-5-3-7-21-11/h3,5,7-8,10H,1-2,4,6H2,(H2,16,20). The van der Waals surface area contributed by atoms with Crippen LogP contribution in [0.4, 0.5) is 5.82 Å². The first-order chi connectivity index (χ1) is 10.1. The summed E-state index contributed by atoms with van der Waals surface area (Å²) in [5.41, 5.74) is 5.46. The summed E-state index contributed by atoms with van der Waals surface area (Å²) in [6.07, 6.45) is 3.34. The minimum atomic E-state index is -0.592. The number of hydrogen-bond donors (Lipinski definition) is 1. The van der Waals surface area contributed by atoms with Crippen LogP contribution in [0.1, 0.15) is 40.7 Å². The maximum atomic E-state index is 11.4. The summed E-state index contributed by atoms with van der Waals surface area (Å²) in [5.74, 6) is 0.0760. The average Bonchev–Trinajstić information content (AvgIpc) is 3.00. The van der Waals surface area contributed by atoms with E-state index in [1.165, 1.54) is 11.3 Å². The van der Waals surface area contributed by atoms with Crippen molar-refractivity contribution in [2.45, 2.75) is 25.3 Å². The minimum Gasteiger partial charge on any atom is -0.364 e. The fourth-order valence-corrected chi connectivity index (χ4v) is 3.71. The second kappa shape index (κ2) is 5.99. The highest BCUT2D eigenvalue weighted by Crippen LogP contribution is 2.36. The van der Waals surface area contributed by atoms with Crippen molar-refractivity contribution in [3.8, 4) is 0 Å². The second-order valence-corrected chi connectivity index (χ2v) is 6.28. The predicted octanol–water partition coefficient (Wildman–Crippen LogP) is 3.02. The van der Waals surface area contributed by atoms with Crippen molar-refractivity contribution >= 4 is 34.7 Å². The summed E-state index contributed by atoms with van der Waals surface area (Å²) in [4.78, 5) is 23.0. The van der Waals surface area contributed by atoms with Gasteiger partial charge in [0.1, 0.15) is 11.5 Å². The molecule has 5 nitrogen and oxygen atoms in total. The molecule has 21 heavy (non-hydrogen) atoms. The number of amides is 1. The Kier molecular flexibility index (Phi) is 4.07. The lowest BCUT2D eigenvalue weighted by atomic mass is 10.0. The molecule has 1 fully saturated rings. The van der Waals surface area contributed by atoms with E-state index >= 15 is 0 Å². The summed E-state index contributed by atoms with van der Waals surface area (Å²) in [6, 6.07) is 6.07. The van der Waals surface area contributed by atoms with Crippen molar-refractivity contribution in [3.63, 3.8) is 0 Å². The average molecular weight is 323 g/mol. The zero-order valence-electron chi connectivity index (χ0n) is 11.3. The summed E-state index contributed by atoms with van der Waals surface area (Å²) in [7, 11) is 0. The molecule has 1 unspecified atom stereocenters. The van der Waals surface area contributed by atoms with Crippen LogP contribution in [-0.4, -0.2) is 22.4 Å². The van der Waals surface area contributed by atoms with Crippen LogP contribution >= 0.6 is 22.9 Å². The van der Waals surface area contributed by atoms with Crippen LogP contribution in [0.15, 0.2) is 23.6 Å². The number of halogens is 1. The Morgan fingerprint density at radius 1 is 1.43 bits per heavy atom. The van der Waals surface area contributed by atoms with Gasteiger partial charge in [-0.2, -0.15) is 0 Å². The molecule has 2 aromatic rings. The molecule has 2 N–H and O–H groups in total. The van der Waals surface area contributed by atoms with Crippen molar-refractivity contribution < 1.29 is 4.79 Å². The highest BCUT2D eigenvalue weighted by atomic mass is 35.5. The maximum Gasteiger partial charge on any atom is 0.267 e. The van der Waals surface area contributed by atoms with E-state index in [4.69, 9.17) is 17.3 Å². The number of piperidine rings is 1. The van der Waals surface area contributed by atoms with Crippen LogP contribution in [0, 0.1) is 0 Å². The molecule has 3 heterocycles. The number of nitrogens with zero attached hydrogens (tertiary/aromatic N) is 3. The third-order valence-corrected chi connectivity index (χ3v) is 4.75. The first kappa shape index (κ1) is 14.3. The van der Waals surface area contributed by atoms with Crippen LogP contribution < -0.4 is 10.6 Å². The lowest BCUT2D eigenvalue weighted by molar-refractivity contribution is 0.0995. The first-order valence-corrected chi connectivity index (χ1v) is 8.05. The van der Waals surface area contributed by atoms with E-state index < -0.39 is 5.91 Å². The molecular weight excluding hydrogens is 308 g/mol. The predicted molar refractivity (Wildman–Crippen MR) is 83.8 cm³/mol. The molecule has 0 bridgehead atoms. The van der Waals surface area contributed by atoms with E-state index in [-0.39, 0.29) is 17.0 Å². The van der Waals surface area contributed by atoms with Gasteiger partial charge in [-0.25, -0.2) is 9.97 Å². The summed E-state index contributed by atoms with van der Waals surface area (Å²) in [6.45, 7) is 0.883. The van der Waals surface area contributed by atoms with Crippen molar-refractivity contribution in [2.24, 2.45) is 5.73 Å². The van der Waals surface area contributed by atoms with Gasteiger partial charge in [0.2, 0.25) is 5.28 Å². The lowest BCUT2D eigenvalue weighted by Crippen LogP contribution is -2.34. The zero-order valence-corrected chi connectivity index (χ0v) is 12.9. The summed E-state index contributed by atoms with van der Waals surface area (Å²) < 4.78 is 0. The fraction of sp³-hybridized carbons (Fsp3) is 0.357. The van der Waals surface area contributed by atoms with Crippen molar-refractivity contribution in [1.29, 1.82) is 0 Å². The van der Waals surface area contributed by atoms with Crippen LogP contribution in [0.5, 0.6) is 0 Å². The number of thiophene rings is 1. The number of carbonyl (C=O) groups excluding carboxylic acids is 1. The van der Waals surface area contributed by atoms with Gasteiger partial charge in [-0.3, -0.25) is 4.79 Å². The van der Waals surface area contributed by atoms with Gasteiger partial charge < -0.3 is 10.6 Å². The highest BCUT2D eigenvalue weighted by molar-refractivity contribution is 7.10. The SMILES string of the molecule is NC(=O)c1cc(N2CCCCC2c2cccs2)nc(Cl)n1. The molecule has 3 rings (SSSR count). The van der Waals surface area contributed by atoms with Gasteiger partial charge in [-0.1, -0.05) is 6.07 Å². The normalized spacial score (nSPS) is 18.7. The van der Waals surface area contributed by atoms with E-state index in [9.17, 15) is 4.79 Å². The summed E-state index contributed by atoms with van der Waals surface area (Å²) >= 11 is 7.66. The largest absolute Gasteiger partial charge is 0.364 e. The molecule has 7 heteroatoms. The maximum absolute atomic E-state index is 11.4. The van der Waals surface area contributed by atoms with Crippen molar-refractivity contribution in [1.82, 2.24) is 9.97 Å². The Morgan fingerprint density at radius 2 is 2.29 bits per heavy atom. The molecule has 1 aliphatic rings. The van der Waals surface area contributed by atoms with Gasteiger partial charge >= 0.3 is 0 Å². The van der Waals surface area contributed by atoms with E-state index in [0.29, 0.717) is 5.82 Å². The Labute approximate surface area is 131 Å². The van der Waals surface area contributed by atoms with Gasteiger partial charge in [0, 0.05) is 17.5 Å². The van der Waals surface area contributed by atoms with E-state index in [0.717, 1.165) is 19.4 Å². The molecular formula is C14H15ClN4OS. The van der Waals surface area contributed by atoms with Crippen LogP contribution in [-0.2, 0) is 0 Å². The number of aromatic nitrogens is 2. The number of nitrogens with two attached hydrogens (primary N) is 1. The van der Waals surface area contributed by atoms with Gasteiger partial charge in [-0.05, 0) is 42.3 Å². The number of anilines is 1. The molecule has 110 valence electrons. The Balaban J connectivity index is 1.98. The smallest absolute Gasteiger partial charge is 0.267 e. The molecule has 1 saturated heterocycles. The highest BCUT2D eigenvalue weighted by Gasteiger charge is 2.26. The van der Waals surface area contributed by atoms with E-state index in [2.05, 4.69) is 32.4 Å². The molecule has 0 aromatic carbocycles. The first-order valence-electron chi connectivity index (χ1n) is 6.79. The molecule has 1 amide bonds. The fourth-order valence-electron chi connectivity index (χ4n) is 2.66. The molecule has 2 aromatic heterocycles. The van der Waals surface area contributed by atoms with E-state index in [1.807, 2.05) is 0 Å². The molecule has 1 atom stereocenters. The molecule has 0 spiro atoms. The van der Waals surface area contributed by atoms with Crippen LogP contribution in [0.2, 0.25) is 5.28 Å². The third-order valence-electron chi connectivity index (χ3n) is 3.61.